The Morgan fingerprint density at radius 3 is 2.75 bits per heavy atom. The molecule has 2 heterocycles. The highest BCUT2D eigenvalue weighted by Gasteiger charge is 2.42. The SMILES string of the molecule is CC1CCC(C2C(N)=NC(=O)N2Cc2ccccc2)O1. The molecule has 3 rings (SSSR count). The molecule has 0 saturated carbocycles. The van der Waals surface area contributed by atoms with Gasteiger partial charge >= 0.3 is 6.03 Å². The number of benzene rings is 1. The predicted octanol–water partition coefficient (Wildman–Crippen LogP) is 1.92. The number of nitrogens with two attached hydrogens (primary N) is 1. The van der Waals surface area contributed by atoms with Crippen molar-refractivity contribution >= 4 is 11.9 Å². The van der Waals surface area contributed by atoms with Gasteiger partial charge in [0, 0.05) is 6.54 Å². The van der Waals surface area contributed by atoms with Crippen molar-refractivity contribution in [3.63, 3.8) is 0 Å². The fourth-order valence-corrected chi connectivity index (χ4v) is 2.92. The molecular weight excluding hydrogens is 254 g/mol. The molecule has 2 aliphatic heterocycles. The van der Waals surface area contributed by atoms with E-state index in [2.05, 4.69) is 4.99 Å². The average Bonchev–Trinajstić information content (AvgIpc) is 2.95. The van der Waals surface area contributed by atoms with Crippen LogP contribution in [0.2, 0.25) is 0 Å². The number of amides is 2. The Hall–Kier alpha value is -1.88. The zero-order valence-electron chi connectivity index (χ0n) is 11.5. The minimum absolute atomic E-state index is 0.0380. The maximum absolute atomic E-state index is 12.0. The van der Waals surface area contributed by atoms with E-state index in [1.165, 1.54) is 0 Å². The Bertz CT molecular complexity index is 529. The van der Waals surface area contributed by atoms with Crippen LogP contribution in [0, 0.1) is 0 Å². The van der Waals surface area contributed by atoms with E-state index in [9.17, 15) is 4.79 Å². The number of carbonyl (C=O) groups is 1. The second-order valence-electron chi connectivity index (χ2n) is 5.44. The molecule has 1 aromatic carbocycles. The van der Waals surface area contributed by atoms with Crippen LogP contribution in [0.3, 0.4) is 0 Å². The van der Waals surface area contributed by atoms with Crippen LogP contribution in [0.4, 0.5) is 4.79 Å². The largest absolute Gasteiger partial charge is 0.385 e. The monoisotopic (exact) mass is 273 g/mol. The average molecular weight is 273 g/mol. The number of ether oxygens (including phenoxy) is 1. The van der Waals surface area contributed by atoms with Gasteiger partial charge in [-0.15, -0.1) is 0 Å². The van der Waals surface area contributed by atoms with Crippen molar-refractivity contribution < 1.29 is 9.53 Å². The van der Waals surface area contributed by atoms with Gasteiger partial charge in [0.2, 0.25) is 0 Å². The van der Waals surface area contributed by atoms with E-state index >= 15 is 0 Å². The lowest BCUT2D eigenvalue weighted by molar-refractivity contribution is 0.0248. The van der Waals surface area contributed by atoms with Crippen molar-refractivity contribution in [3.05, 3.63) is 35.9 Å². The van der Waals surface area contributed by atoms with E-state index < -0.39 is 0 Å². The van der Waals surface area contributed by atoms with Gasteiger partial charge < -0.3 is 15.4 Å². The standard InChI is InChI=1S/C15H19N3O2/c1-10-7-8-12(20-10)13-14(16)17-15(19)18(13)9-11-5-3-2-4-6-11/h2-6,10,12-13H,7-9H2,1H3,(H2,16,17,19). The molecule has 2 N–H and O–H groups in total. The summed E-state index contributed by atoms with van der Waals surface area (Å²) in [6.45, 7) is 2.56. The van der Waals surface area contributed by atoms with Crippen LogP contribution in [0.1, 0.15) is 25.3 Å². The molecule has 3 atom stereocenters. The summed E-state index contributed by atoms with van der Waals surface area (Å²) in [4.78, 5) is 17.7. The van der Waals surface area contributed by atoms with E-state index in [4.69, 9.17) is 10.5 Å². The topological polar surface area (TPSA) is 67.9 Å². The Morgan fingerprint density at radius 2 is 2.10 bits per heavy atom. The number of aliphatic imine (C=N–C) groups is 1. The van der Waals surface area contributed by atoms with Gasteiger partial charge in [-0.2, -0.15) is 4.99 Å². The maximum Gasteiger partial charge on any atom is 0.346 e. The van der Waals surface area contributed by atoms with Crippen molar-refractivity contribution in [1.29, 1.82) is 0 Å². The first kappa shape index (κ1) is 13.1. The minimum atomic E-state index is -0.264. The van der Waals surface area contributed by atoms with E-state index in [0.29, 0.717) is 12.4 Å². The zero-order chi connectivity index (χ0) is 14.1. The van der Waals surface area contributed by atoms with Crippen LogP contribution in [0.5, 0.6) is 0 Å². The molecule has 0 aromatic heterocycles. The number of amidine groups is 1. The third kappa shape index (κ3) is 2.41. The molecule has 106 valence electrons. The fourth-order valence-electron chi connectivity index (χ4n) is 2.92. The molecule has 0 spiro atoms. The molecule has 1 fully saturated rings. The summed E-state index contributed by atoms with van der Waals surface area (Å²) < 4.78 is 5.88. The summed E-state index contributed by atoms with van der Waals surface area (Å²) in [5.41, 5.74) is 7.02. The third-order valence-electron chi connectivity index (χ3n) is 3.92. The molecule has 3 unspecified atom stereocenters. The number of hydrogen-bond donors (Lipinski definition) is 1. The first-order valence-corrected chi connectivity index (χ1v) is 6.99. The lowest BCUT2D eigenvalue weighted by atomic mass is 10.0. The van der Waals surface area contributed by atoms with Gasteiger partial charge in [-0.1, -0.05) is 30.3 Å². The summed E-state index contributed by atoms with van der Waals surface area (Å²) in [6, 6.07) is 9.38. The summed E-state index contributed by atoms with van der Waals surface area (Å²) in [7, 11) is 0. The molecule has 0 aliphatic carbocycles. The molecule has 5 heteroatoms. The summed E-state index contributed by atoms with van der Waals surface area (Å²) in [6.07, 6.45) is 2.11. The Labute approximate surface area is 118 Å². The Balaban J connectivity index is 1.79. The van der Waals surface area contributed by atoms with Gasteiger partial charge in [-0.3, -0.25) is 0 Å². The van der Waals surface area contributed by atoms with Gasteiger partial charge in [-0.05, 0) is 25.3 Å². The van der Waals surface area contributed by atoms with Crippen LogP contribution >= 0.6 is 0 Å². The van der Waals surface area contributed by atoms with E-state index in [0.717, 1.165) is 18.4 Å². The van der Waals surface area contributed by atoms with E-state index in [1.54, 1.807) is 4.90 Å². The van der Waals surface area contributed by atoms with Crippen LogP contribution < -0.4 is 5.73 Å². The number of carbonyl (C=O) groups excluding carboxylic acids is 1. The van der Waals surface area contributed by atoms with Crippen LogP contribution in [0.15, 0.2) is 35.3 Å². The van der Waals surface area contributed by atoms with Crippen LogP contribution in [-0.2, 0) is 11.3 Å². The molecular formula is C15H19N3O2. The zero-order valence-corrected chi connectivity index (χ0v) is 11.5. The highest BCUT2D eigenvalue weighted by Crippen LogP contribution is 2.28. The minimum Gasteiger partial charge on any atom is -0.385 e. The first-order chi connectivity index (χ1) is 9.65. The number of nitrogens with zero attached hydrogens (tertiary/aromatic N) is 2. The lowest BCUT2D eigenvalue weighted by Crippen LogP contribution is -2.48. The van der Waals surface area contributed by atoms with Gasteiger partial charge in [0.05, 0.1) is 12.2 Å². The van der Waals surface area contributed by atoms with Gasteiger partial charge in [-0.25, -0.2) is 4.79 Å². The third-order valence-corrected chi connectivity index (χ3v) is 3.92. The number of rotatable bonds is 3. The highest BCUT2D eigenvalue weighted by molar-refractivity contribution is 6.03. The number of hydrogen-bond acceptors (Lipinski definition) is 3. The van der Waals surface area contributed by atoms with Crippen molar-refractivity contribution in [2.45, 2.75) is 44.6 Å². The molecule has 2 amide bonds. The van der Waals surface area contributed by atoms with E-state index in [1.807, 2.05) is 37.3 Å². The molecule has 2 aliphatic rings. The molecule has 0 bridgehead atoms. The summed E-state index contributed by atoms with van der Waals surface area (Å²) >= 11 is 0. The van der Waals surface area contributed by atoms with E-state index in [-0.39, 0.29) is 24.3 Å². The second-order valence-corrected chi connectivity index (χ2v) is 5.44. The van der Waals surface area contributed by atoms with Crippen LogP contribution in [-0.4, -0.2) is 35.0 Å². The van der Waals surface area contributed by atoms with Crippen LogP contribution in [0.25, 0.3) is 0 Å². The molecule has 1 saturated heterocycles. The van der Waals surface area contributed by atoms with Gasteiger partial charge in [0.15, 0.2) is 0 Å². The van der Waals surface area contributed by atoms with Gasteiger partial charge in [0.25, 0.3) is 0 Å². The van der Waals surface area contributed by atoms with Crippen molar-refractivity contribution in [2.75, 3.05) is 0 Å². The quantitative estimate of drug-likeness (QED) is 0.914. The van der Waals surface area contributed by atoms with Crippen molar-refractivity contribution in [2.24, 2.45) is 10.7 Å². The Kier molecular flexibility index (Phi) is 3.44. The Morgan fingerprint density at radius 1 is 1.35 bits per heavy atom. The number of urea groups is 1. The maximum atomic E-state index is 12.0. The molecule has 20 heavy (non-hydrogen) atoms. The first-order valence-electron chi connectivity index (χ1n) is 6.99. The highest BCUT2D eigenvalue weighted by atomic mass is 16.5. The summed E-state index contributed by atoms with van der Waals surface area (Å²) in [5.74, 6) is 0.380. The summed E-state index contributed by atoms with van der Waals surface area (Å²) in [5, 5.41) is 0. The molecule has 5 nitrogen and oxygen atoms in total. The molecule has 0 radical (unpaired) electrons. The predicted molar refractivity (Wildman–Crippen MR) is 76.4 cm³/mol. The normalized spacial score (nSPS) is 29.9. The van der Waals surface area contributed by atoms with Crippen molar-refractivity contribution in [1.82, 2.24) is 4.90 Å². The lowest BCUT2D eigenvalue weighted by Gasteiger charge is -2.28. The van der Waals surface area contributed by atoms with Crippen molar-refractivity contribution in [3.8, 4) is 0 Å². The molecule has 1 aromatic rings. The second kappa shape index (κ2) is 5.25. The van der Waals surface area contributed by atoms with Gasteiger partial charge in [0.1, 0.15) is 11.9 Å². The fraction of sp³-hybridized carbons (Fsp3) is 0.467. The smallest absolute Gasteiger partial charge is 0.346 e.